The lowest BCUT2D eigenvalue weighted by Crippen LogP contribution is -2.02. The smallest absolute Gasteiger partial charge is 0.0720 e. The lowest BCUT2D eigenvalue weighted by Gasteiger charge is -2.10. The van der Waals surface area contributed by atoms with Gasteiger partial charge in [0.25, 0.3) is 0 Å². The van der Waals surface area contributed by atoms with Gasteiger partial charge in [-0.15, -0.1) is 0 Å². The second-order valence-corrected chi connectivity index (χ2v) is 8.53. The monoisotopic (exact) mass is 394 g/mol. The average molecular weight is 395 g/mol. The van der Waals surface area contributed by atoms with Crippen molar-refractivity contribution < 1.29 is 4.74 Å². The van der Waals surface area contributed by atoms with Crippen molar-refractivity contribution in [2.24, 2.45) is 0 Å². The van der Waals surface area contributed by atoms with E-state index in [2.05, 4.69) is 106 Å². The lowest BCUT2D eigenvalue weighted by atomic mass is 9.98. The summed E-state index contributed by atoms with van der Waals surface area (Å²) in [6.07, 6.45) is 2.20. The van der Waals surface area contributed by atoms with Gasteiger partial charge in [0.15, 0.2) is 0 Å². The highest BCUT2D eigenvalue weighted by atomic mass is 16.5. The van der Waals surface area contributed by atoms with Crippen molar-refractivity contribution >= 4 is 10.8 Å². The molecule has 4 aromatic carbocycles. The number of hydrogen-bond acceptors (Lipinski definition) is 1. The summed E-state index contributed by atoms with van der Waals surface area (Å²) in [6.45, 7) is 6.95. The van der Waals surface area contributed by atoms with Gasteiger partial charge in [-0.05, 0) is 78.3 Å². The minimum atomic E-state index is 0.256. The molecule has 0 spiro atoms. The van der Waals surface area contributed by atoms with E-state index in [9.17, 15) is 0 Å². The van der Waals surface area contributed by atoms with Gasteiger partial charge in [-0.25, -0.2) is 0 Å². The maximum atomic E-state index is 5.73. The summed E-state index contributed by atoms with van der Waals surface area (Å²) in [6, 6.07) is 31.3. The van der Waals surface area contributed by atoms with Gasteiger partial charge in [-0.1, -0.05) is 84.4 Å². The van der Waals surface area contributed by atoms with Crippen molar-refractivity contribution in [3.8, 4) is 0 Å². The van der Waals surface area contributed by atoms with Crippen LogP contribution in [-0.4, -0.2) is 6.10 Å². The van der Waals surface area contributed by atoms with E-state index in [1.165, 1.54) is 44.2 Å². The molecule has 30 heavy (non-hydrogen) atoms. The standard InChI is InChI=1S/C29H30O/c1-21(2)30-20-27-13-15-28-18-26(12-14-29(28)19-27)17-25-10-8-24(9-11-25)16-23-6-4-22(3)5-7-23/h4-15,18-19,21H,16-17,20H2,1-3H3. The molecule has 4 rings (SSSR count). The van der Waals surface area contributed by atoms with Crippen molar-refractivity contribution in [2.45, 2.75) is 46.3 Å². The number of aryl methyl sites for hydroxylation is 1. The van der Waals surface area contributed by atoms with Crippen molar-refractivity contribution in [3.63, 3.8) is 0 Å². The molecule has 1 nitrogen and oxygen atoms in total. The third-order valence-corrected chi connectivity index (χ3v) is 5.51. The first-order chi connectivity index (χ1) is 14.5. The molecule has 0 aliphatic carbocycles. The molecule has 0 N–H and O–H groups in total. The second kappa shape index (κ2) is 9.28. The van der Waals surface area contributed by atoms with E-state index >= 15 is 0 Å². The molecule has 0 radical (unpaired) electrons. The third-order valence-electron chi connectivity index (χ3n) is 5.51. The van der Waals surface area contributed by atoms with E-state index in [4.69, 9.17) is 4.74 Å². The Morgan fingerprint density at radius 1 is 0.567 bits per heavy atom. The first kappa shape index (κ1) is 20.4. The van der Waals surface area contributed by atoms with Gasteiger partial charge < -0.3 is 4.74 Å². The van der Waals surface area contributed by atoms with E-state index in [1.54, 1.807) is 0 Å². The van der Waals surface area contributed by atoms with Crippen LogP contribution in [-0.2, 0) is 24.2 Å². The van der Waals surface area contributed by atoms with Crippen molar-refractivity contribution in [1.82, 2.24) is 0 Å². The Balaban J connectivity index is 1.43. The minimum Gasteiger partial charge on any atom is -0.374 e. The Morgan fingerprint density at radius 2 is 1.00 bits per heavy atom. The highest BCUT2D eigenvalue weighted by Crippen LogP contribution is 2.21. The molecule has 0 fully saturated rings. The summed E-state index contributed by atoms with van der Waals surface area (Å²) in [7, 11) is 0. The Bertz CT molecular complexity index is 1110. The number of ether oxygens (including phenoxy) is 1. The number of fused-ring (bicyclic) bond motifs is 1. The van der Waals surface area contributed by atoms with Crippen LogP contribution in [0, 0.1) is 6.92 Å². The van der Waals surface area contributed by atoms with Crippen LogP contribution >= 0.6 is 0 Å². The minimum absolute atomic E-state index is 0.256. The van der Waals surface area contributed by atoms with Crippen LogP contribution in [0.1, 0.15) is 47.2 Å². The molecule has 0 aliphatic rings. The maximum absolute atomic E-state index is 5.73. The molecule has 0 saturated heterocycles. The Morgan fingerprint density at radius 3 is 1.57 bits per heavy atom. The quantitative estimate of drug-likeness (QED) is 0.321. The van der Waals surface area contributed by atoms with Crippen LogP contribution in [0.25, 0.3) is 10.8 Å². The normalized spacial score (nSPS) is 11.3. The summed E-state index contributed by atoms with van der Waals surface area (Å²) >= 11 is 0. The van der Waals surface area contributed by atoms with Crippen LogP contribution in [0.3, 0.4) is 0 Å². The van der Waals surface area contributed by atoms with Crippen LogP contribution < -0.4 is 0 Å². The fraction of sp³-hybridized carbons (Fsp3) is 0.241. The van der Waals surface area contributed by atoms with Gasteiger partial charge in [0, 0.05) is 0 Å². The van der Waals surface area contributed by atoms with Crippen molar-refractivity contribution in [1.29, 1.82) is 0 Å². The van der Waals surface area contributed by atoms with Crippen molar-refractivity contribution in [3.05, 3.63) is 118 Å². The summed E-state index contributed by atoms with van der Waals surface area (Å²) in [5.41, 5.74) is 7.96. The molecule has 0 unspecified atom stereocenters. The van der Waals surface area contributed by atoms with Gasteiger partial charge in [0.05, 0.1) is 12.7 Å². The van der Waals surface area contributed by atoms with Crippen molar-refractivity contribution in [2.75, 3.05) is 0 Å². The van der Waals surface area contributed by atoms with Gasteiger partial charge in [0.1, 0.15) is 0 Å². The van der Waals surface area contributed by atoms with E-state index in [0.29, 0.717) is 6.61 Å². The number of hydrogen-bond donors (Lipinski definition) is 0. The van der Waals surface area contributed by atoms with Crippen LogP contribution in [0.5, 0.6) is 0 Å². The molecule has 0 amide bonds. The molecule has 0 atom stereocenters. The van der Waals surface area contributed by atoms with E-state index in [0.717, 1.165) is 12.8 Å². The van der Waals surface area contributed by atoms with Gasteiger partial charge in [0.2, 0.25) is 0 Å². The summed E-state index contributed by atoms with van der Waals surface area (Å²) in [5, 5.41) is 2.56. The number of rotatable bonds is 7. The van der Waals surface area contributed by atoms with Crippen LogP contribution in [0.2, 0.25) is 0 Å². The molecular weight excluding hydrogens is 364 g/mol. The maximum Gasteiger partial charge on any atom is 0.0720 e. The summed E-state index contributed by atoms with van der Waals surface area (Å²) in [4.78, 5) is 0. The zero-order chi connectivity index (χ0) is 20.9. The zero-order valence-corrected chi connectivity index (χ0v) is 18.2. The fourth-order valence-corrected chi connectivity index (χ4v) is 3.76. The van der Waals surface area contributed by atoms with E-state index in [1.807, 2.05) is 0 Å². The molecule has 152 valence electrons. The van der Waals surface area contributed by atoms with Gasteiger partial charge >= 0.3 is 0 Å². The molecule has 0 bridgehead atoms. The van der Waals surface area contributed by atoms with Gasteiger partial charge in [-0.2, -0.15) is 0 Å². The van der Waals surface area contributed by atoms with Crippen LogP contribution in [0.15, 0.2) is 84.9 Å². The van der Waals surface area contributed by atoms with E-state index < -0.39 is 0 Å². The topological polar surface area (TPSA) is 9.23 Å². The summed E-state index contributed by atoms with van der Waals surface area (Å²) in [5.74, 6) is 0. The van der Waals surface area contributed by atoms with E-state index in [-0.39, 0.29) is 6.10 Å². The Hall–Kier alpha value is -2.90. The van der Waals surface area contributed by atoms with Crippen LogP contribution in [0.4, 0.5) is 0 Å². The molecule has 0 aliphatic heterocycles. The SMILES string of the molecule is Cc1ccc(Cc2ccc(Cc3ccc4cc(COC(C)C)ccc4c3)cc2)cc1. The highest BCUT2D eigenvalue weighted by molar-refractivity contribution is 5.83. The third kappa shape index (κ3) is 5.37. The molecular formula is C29H30O. The fourth-order valence-electron chi connectivity index (χ4n) is 3.76. The Labute approximate surface area is 180 Å². The zero-order valence-electron chi connectivity index (χ0n) is 18.2. The number of benzene rings is 4. The largest absolute Gasteiger partial charge is 0.374 e. The molecule has 0 saturated carbocycles. The summed E-state index contributed by atoms with van der Waals surface area (Å²) < 4.78 is 5.73. The predicted molar refractivity (Wildman–Crippen MR) is 127 cm³/mol. The molecule has 0 aromatic heterocycles. The first-order valence-electron chi connectivity index (χ1n) is 10.8. The molecule has 4 aromatic rings. The Kier molecular flexibility index (Phi) is 6.30. The lowest BCUT2D eigenvalue weighted by molar-refractivity contribution is 0.0658. The highest BCUT2D eigenvalue weighted by Gasteiger charge is 2.03. The first-order valence-corrected chi connectivity index (χ1v) is 10.8. The van der Waals surface area contributed by atoms with Gasteiger partial charge in [-0.3, -0.25) is 0 Å². The second-order valence-electron chi connectivity index (χ2n) is 8.53. The average Bonchev–Trinajstić information content (AvgIpc) is 2.75. The predicted octanol–water partition coefficient (Wildman–Crippen LogP) is 7.25. The molecule has 1 heteroatoms. The molecule has 0 heterocycles.